The van der Waals surface area contributed by atoms with Crippen LogP contribution < -0.4 is 0 Å². The number of carbonyl (C=O) groups is 1. The molecule has 18 heavy (non-hydrogen) atoms. The first-order valence-electron chi connectivity index (χ1n) is 6.93. The van der Waals surface area contributed by atoms with Gasteiger partial charge in [0.1, 0.15) is 11.5 Å². The van der Waals surface area contributed by atoms with E-state index in [4.69, 9.17) is 9.52 Å². The third kappa shape index (κ3) is 5.39. The predicted octanol–water partition coefficient (Wildman–Crippen LogP) is 4.12. The fourth-order valence-corrected chi connectivity index (χ4v) is 2.12. The van der Waals surface area contributed by atoms with E-state index in [1.54, 1.807) is 0 Å². The molecular weight excluding hydrogens is 228 g/mol. The summed E-state index contributed by atoms with van der Waals surface area (Å²) >= 11 is 0. The summed E-state index contributed by atoms with van der Waals surface area (Å²) in [6, 6.07) is 2.14. The summed E-state index contributed by atoms with van der Waals surface area (Å²) in [6.45, 7) is 4.25. The van der Waals surface area contributed by atoms with Crippen molar-refractivity contribution in [3.05, 3.63) is 23.2 Å². The Balaban J connectivity index is 2.20. The molecule has 3 nitrogen and oxygen atoms in total. The molecule has 0 atom stereocenters. The van der Waals surface area contributed by atoms with E-state index < -0.39 is 5.97 Å². The summed E-state index contributed by atoms with van der Waals surface area (Å²) < 4.78 is 5.81. The van der Waals surface area contributed by atoms with Crippen LogP contribution in [-0.4, -0.2) is 11.1 Å². The van der Waals surface area contributed by atoms with Crippen molar-refractivity contribution in [2.45, 2.75) is 65.2 Å². The fraction of sp³-hybridized carbons (Fsp3) is 0.667. The molecule has 3 heteroatoms. The molecule has 0 aliphatic rings. The van der Waals surface area contributed by atoms with E-state index in [0.29, 0.717) is 6.42 Å². The molecule has 102 valence electrons. The molecule has 0 amide bonds. The maximum atomic E-state index is 10.3. The highest BCUT2D eigenvalue weighted by molar-refractivity contribution is 5.66. The lowest BCUT2D eigenvalue weighted by Crippen LogP contribution is -1.94. The van der Waals surface area contributed by atoms with Crippen LogP contribution in [0.5, 0.6) is 0 Å². The number of hydrogen-bond acceptors (Lipinski definition) is 2. The standard InChI is InChI=1S/C15H24O3/c1-3-8-13-11-12(2)14(18-13)9-6-4-5-7-10-15(16)17/h11H,3-10H2,1-2H3,(H,16,17). The number of aliphatic carboxylic acids is 1. The van der Waals surface area contributed by atoms with Crippen LogP contribution in [0.15, 0.2) is 10.5 Å². The monoisotopic (exact) mass is 252 g/mol. The lowest BCUT2D eigenvalue weighted by molar-refractivity contribution is -0.137. The maximum Gasteiger partial charge on any atom is 0.303 e. The van der Waals surface area contributed by atoms with Crippen LogP contribution in [0, 0.1) is 6.92 Å². The maximum absolute atomic E-state index is 10.3. The summed E-state index contributed by atoms with van der Waals surface area (Å²) in [5, 5.41) is 8.52. The summed E-state index contributed by atoms with van der Waals surface area (Å²) in [5.74, 6) is 1.51. The molecule has 1 aromatic heterocycles. The van der Waals surface area contributed by atoms with Gasteiger partial charge in [-0.15, -0.1) is 0 Å². The number of hydrogen-bond donors (Lipinski definition) is 1. The minimum absolute atomic E-state index is 0.292. The Morgan fingerprint density at radius 1 is 1.22 bits per heavy atom. The fourth-order valence-electron chi connectivity index (χ4n) is 2.12. The van der Waals surface area contributed by atoms with Gasteiger partial charge in [0.25, 0.3) is 0 Å². The summed E-state index contributed by atoms with van der Waals surface area (Å²) in [6.07, 6.45) is 7.33. The van der Waals surface area contributed by atoms with E-state index in [0.717, 1.165) is 56.5 Å². The van der Waals surface area contributed by atoms with Crippen molar-refractivity contribution in [1.82, 2.24) is 0 Å². The van der Waals surface area contributed by atoms with E-state index >= 15 is 0 Å². The third-order valence-corrected chi connectivity index (χ3v) is 3.11. The third-order valence-electron chi connectivity index (χ3n) is 3.11. The molecule has 0 aliphatic heterocycles. The van der Waals surface area contributed by atoms with Crippen molar-refractivity contribution in [1.29, 1.82) is 0 Å². The molecular formula is C15H24O3. The topological polar surface area (TPSA) is 50.4 Å². The van der Waals surface area contributed by atoms with Gasteiger partial charge < -0.3 is 9.52 Å². The van der Waals surface area contributed by atoms with E-state index in [2.05, 4.69) is 19.9 Å². The molecule has 1 rings (SSSR count). The first-order valence-corrected chi connectivity index (χ1v) is 6.93. The van der Waals surface area contributed by atoms with Crippen molar-refractivity contribution in [3.63, 3.8) is 0 Å². The summed E-state index contributed by atoms with van der Waals surface area (Å²) in [5.41, 5.74) is 1.25. The lowest BCUT2D eigenvalue weighted by Gasteiger charge is -2.00. The zero-order valence-electron chi connectivity index (χ0n) is 11.5. The van der Waals surface area contributed by atoms with Crippen LogP contribution in [0.1, 0.15) is 62.5 Å². The zero-order valence-corrected chi connectivity index (χ0v) is 11.5. The summed E-state index contributed by atoms with van der Waals surface area (Å²) in [4.78, 5) is 10.3. The van der Waals surface area contributed by atoms with Crippen LogP contribution >= 0.6 is 0 Å². The largest absolute Gasteiger partial charge is 0.481 e. The minimum Gasteiger partial charge on any atom is -0.481 e. The van der Waals surface area contributed by atoms with Crippen LogP contribution in [-0.2, 0) is 17.6 Å². The molecule has 0 saturated heterocycles. The Hall–Kier alpha value is -1.25. The van der Waals surface area contributed by atoms with Gasteiger partial charge in [-0.2, -0.15) is 0 Å². The quantitative estimate of drug-likeness (QED) is 0.673. The minimum atomic E-state index is -0.693. The molecule has 1 aromatic rings. The van der Waals surface area contributed by atoms with E-state index in [1.807, 2.05) is 0 Å². The molecule has 0 fully saturated rings. The van der Waals surface area contributed by atoms with E-state index in [9.17, 15) is 4.79 Å². The second-order valence-electron chi connectivity index (χ2n) is 4.88. The second kappa shape index (κ2) is 7.96. The van der Waals surface area contributed by atoms with Gasteiger partial charge in [0.15, 0.2) is 0 Å². The van der Waals surface area contributed by atoms with Gasteiger partial charge in [-0.25, -0.2) is 0 Å². The molecule has 1 heterocycles. The van der Waals surface area contributed by atoms with E-state index in [-0.39, 0.29) is 0 Å². The SMILES string of the molecule is CCCc1cc(C)c(CCCCCCC(=O)O)o1. The second-order valence-corrected chi connectivity index (χ2v) is 4.88. The molecule has 0 saturated carbocycles. The molecule has 1 N–H and O–H groups in total. The van der Waals surface area contributed by atoms with Crippen molar-refractivity contribution >= 4 is 5.97 Å². The Kier molecular flexibility index (Phi) is 6.55. The molecule has 0 aliphatic carbocycles. The Morgan fingerprint density at radius 2 is 1.94 bits per heavy atom. The van der Waals surface area contributed by atoms with Gasteiger partial charge in [0.05, 0.1) is 0 Å². The average Bonchev–Trinajstić information content (AvgIpc) is 2.64. The number of aryl methyl sites for hydroxylation is 3. The first kappa shape index (κ1) is 14.8. The highest BCUT2D eigenvalue weighted by atomic mass is 16.4. The zero-order chi connectivity index (χ0) is 13.4. The van der Waals surface area contributed by atoms with Gasteiger partial charge in [-0.1, -0.05) is 19.8 Å². The van der Waals surface area contributed by atoms with Crippen molar-refractivity contribution in [3.8, 4) is 0 Å². The number of carboxylic acids is 1. The average molecular weight is 252 g/mol. The van der Waals surface area contributed by atoms with Crippen molar-refractivity contribution < 1.29 is 14.3 Å². The highest BCUT2D eigenvalue weighted by Gasteiger charge is 2.06. The molecule has 0 aromatic carbocycles. The van der Waals surface area contributed by atoms with Gasteiger partial charge in [-0.05, 0) is 37.8 Å². The summed E-state index contributed by atoms with van der Waals surface area (Å²) in [7, 11) is 0. The van der Waals surface area contributed by atoms with E-state index in [1.165, 1.54) is 5.56 Å². The van der Waals surface area contributed by atoms with Gasteiger partial charge >= 0.3 is 5.97 Å². The molecule has 0 unspecified atom stereocenters. The Labute approximate surface area is 109 Å². The lowest BCUT2D eigenvalue weighted by atomic mass is 10.1. The van der Waals surface area contributed by atoms with Crippen molar-refractivity contribution in [2.75, 3.05) is 0 Å². The highest BCUT2D eigenvalue weighted by Crippen LogP contribution is 2.18. The predicted molar refractivity (Wildman–Crippen MR) is 71.9 cm³/mol. The smallest absolute Gasteiger partial charge is 0.303 e. The normalized spacial score (nSPS) is 10.8. The van der Waals surface area contributed by atoms with Crippen LogP contribution in [0.3, 0.4) is 0 Å². The van der Waals surface area contributed by atoms with Gasteiger partial charge in [0, 0.05) is 19.3 Å². The Bertz CT molecular complexity index is 366. The van der Waals surface area contributed by atoms with Crippen molar-refractivity contribution in [2.24, 2.45) is 0 Å². The van der Waals surface area contributed by atoms with Crippen LogP contribution in [0.4, 0.5) is 0 Å². The van der Waals surface area contributed by atoms with Crippen LogP contribution in [0.25, 0.3) is 0 Å². The molecule has 0 bridgehead atoms. The number of carboxylic acid groups (broad SMARTS) is 1. The number of furan rings is 1. The molecule has 0 radical (unpaired) electrons. The van der Waals surface area contributed by atoms with Crippen LogP contribution in [0.2, 0.25) is 0 Å². The van der Waals surface area contributed by atoms with Gasteiger partial charge in [-0.3, -0.25) is 4.79 Å². The van der Waals surface area contributed by atoms with Gasteiger partial charge in [0.2, 0.25) is 0 Å². The number of rotatable bonds is 9. The number of unbranched alkanes of at least 4 members (excludes halogenated alkanes) is 3. The first-order chi connectivity index (χ1) is 8.63. The Morgan fingerprint density at radius 3 is 2.61 bits per heavy atom. The molecule has 0 spiro atoms.